The molecule has 4 aliphatic rings. The lowest BCUT2D eigenvalue weighted by Gasteiger charge is -2.56. The van der Waals surface area contributed by atoms with Crippen molar-refractivity contribution < 1.29 is 9.90 Å². The molecule has 4 bridgehead atoms. The van der Waals surface area contributed by atoms with Gasteiger partial charge in [0, 0.05) is 16.3 Å². The third-order valence-corrected chi connectivity index (χ3v) is 6.56. The summed E-state index contributed by atoms with van der Waals surface area (Å²) in [7, 11) is 0. The van der Waals surface area contributed by atoms with Gasteiger partial charge in [-0.3, -0.25) is 0 Å². The zero-order valence-electron chi connectivity index (χ0n) is 14.3. The highest BCUT2D eigenvalue weighted by Crippen LogP contribution is 2.55. The molecule has 4 nitrogen and oxygen atoms in total. The van der Waals surface area contributed by atoms with Gasteiger partial charge in [-0.25, -0.2) is 4.79 Å². The van der Waals surface area contributed by atoms with E-state index < -0.39 is 0 Å². The van der Waals surface area contributed by atoms with Gasteiger partial charge in [0.05, 0.1) is 5.69 Å². The molecule has 0 heterocycles. The summed E-state index contributed by atoms with van der Waals surface area (Å²) in [5.74, 6) is 2.66. The number of urea groups is 1. The predicted molar refractivity (Wildman–Crippen MR) is 98.7 cm³/mol. The van der Waals surface area contributed by atoms with Crippen LogP contribution in [0.5, 0.6) is 5.75 Å². The van der Waals surface area contributed by atoms with Crippen LogP contribution in [-0.2, 0) is 0 Å². The van der Waals surface area contributed by atoms with Crippen LogP contribution in [0, 0.1) is 17.8 Å². The number of phenolic OH excluding ortho intramolecular Hbond substituents is 1. The second-order valence-corrected chi connectivity index (χ2v) is 8.45. The van der Waals surface area contributed by atoms with E-state index in [1.165, 1.54) is 19.3 Å². The number of hydrogen-bond donors (Lipinski definition) is 3. The van der Waals surface area contributed by atoms with Gasteiger partial charge in [-0.2, -0.15) is 0 Å². The van der Waals surface area contributed by atoms with Gasteiger partial charge in [0.2, 0.25) is 0 Å². The van der Waals surface area contributed by atoms with Crippen LogP contribution >= 0.6 is 0 Å². The Bertz CT molecular complexity index is 810. The van der Waals surface area contributed by atoms with Crippen LogP contribution in [0.4, 0.5) is 10.5 Å². The zero-order valence-corrected chi connectivity index (χ0v) is 14.3. The van der Waals surface area contributed by atoms with Crippen LogP contribution in [0.3, 0.4) is 0 Å². The van der Waals surface area contributed by atoms with E-state index in [4.69, 9.17) is 0 Å². The van der Waals surface area contributed by atoms with Crippen LogP contribution in [0.25, 0.3) is 10.8 Å². The summed E-state index contributed by atoms with van der Waals surface area (Å²) in [6.45, 7) is 0. The highest BCUT2D eigenvalue weighted by Gasteiger charge is 2.51. The van der Waals surface area contributed by atoms with Gasteiger partial charge in [0.1, 0.15) is 5.75 Å². The zero-order chi connectivity index (χ0) is 17.0. The second-order valence-electron chi connectivity index (χ2n) is 8.45. The van der Waals surface area contributed by atoms with Gasteiger partial charge in [-0.05, 0) is 68.4 Å². The number of rotatable bonds is 2. The fourth-order valence-electron chi connectivity index (χ4n) is 6.06. The monoisotopic (exact) mass is 336 g/mol. The Labute approximate surface area is 147 Å². The first-order chi connectivity index (χ1) is 12.1. The highest BCUT2D eigenvalue weighted by atomic mass is 16.3. The summed E-state index contributed by atoms with van der Waals surface area (Å²) >= 11 is 0. The summed E-state index contributed by atoms with van der Waals surface area (Å²) in [5, 5.41) is 18.0. The first kappa shape index (κ1) is 15.1. The number of anilines is 1. The second kappa shape index (κ2) is 5.38. The van der Waals surface area contributed by atoms with Crippen molar-refractivity contribution >= 4 is 22.5 Å². The minimum absolute atomic E-state index is 0.00551. The minimum atomic E-state index is -0.113. The molecule has 0 spiro atoms. The van der Waals surface area contributed by atoms with Crippen LogP contribution in [0.1, 0.15) is 38.5 Å². The van der Waals surface area contributed by atoms with E-state index in [2.05, 4.69) is 10.6 Å². The van der Waals surface area contributed by atoms with E-state index >= 15 is 0 Å². The maximum Gasteiger partial charge on any atom is 0.319 e. The number of hydrogen-bond acceptors (Lipinski definition) is 2. The normalized spacial score (nSPS) is 32.7. The van der Waals surface area contributed by atoms with Crippen molar-refractivity contribution in [2.24, 2.45) is 17.8 Å². The number of nitrogens with one attached hydrogen (secondary N) is 2. The van der Waals surface area contributed by atoms with Crippen molar-refractivity contribution in [3.05, 3.63) is 36.4 Å². The largest absolute Gasteiger partial charge is 0.507 e. The van der Waals surface area contributed by atoms with Crippen molar-refractivity contribution in [3.63, 3.8) is 0 Å². The Morgan fingerprint density at radius 3 is 2.20 bits per heavy atom. The lowest BCUT2D eigenvalue weighted by atomic mass is 9.53. The lowest BCUT2D eigenvalue weighted by Crippen LogP contribution is -2.60. The molecule has 0 atom stereocenters. The quantitative estimate of drug-likeness (QED) is 0.748. The van der Waals surface area contributed by atoms with Gasteiger partial charge in [0.25, 0.3) is 0 Å². The minimum Gasteiger partial charge on any atom is -0.507 e. The standard InChI is InChI=1S/C21H24N2O2/c24-19-6-2-3-16-17(19)4-1-5-18(16)22-20(25)23-21-10-13-7-14(11-21)9-15(8-13)12-21/h1-6,13-15,24H,7-12H2,(H2,22,23,25). The van der Waals surface area contributed by atoms with Gasteiger partial charge >= 0.3 is 6.03 Å². The summed E-state index contributed by atoms with van der Waals surface area (Å²) in [5.41, 5.74) is 0.751. The molecule has 4 fully saturated rings. The van der Waals surface area contributed by atoms with Crippen molar-refractivity contribution in [3.8, 4) is 5.75 Å². The fourth-order valence-corrected chi connectivity index (χ4v) is 6.06. The summed E-state index contributed by atoms with van der Waals surface area (Å²) in [4.78, 5) is 12.7. The molecule has 0 saturated heterocycles. The van der Waals surface area contributed by atoms with Crippen LogP contribution < -0.4 is 10.6 Å². The number of carbonyl (C=O) groups excluding carboxylic acids is 1. The molecule has 2 aromatic rings. The van der Waals surface area contributed by atoms with E-state index in [9.17, 15) is 9.90 Å². The number of amides is 2. The molecule has 6 rings (SSSR count). The Hall–Kier alpha value is -2.23. The Kier molecular flexibility index (Phi) is 3.24. The molecule has 0 aromatic heterocycles. The number of benzene rings is 2. The first-order valence-corrected chi connectivity index (χ1v) is 9.40. The molecular formula is C21H24N2O2. The van der Waals surface area contributed by atoms with Gasteiger partial charge < -0.3 is 15.7 Å². The molecule has 4 aliphatic carbocycles. The molecule has 2 aromatic carbocycles. The molecular weight excluding hydrogens is 312 g/mol. The average molecular weight is 336 g/mol. The molecule has 4 heteroatoms. The van der Waals surface area contributed by atoms with Crippen molar-refractivity contribution in [1.82, 2.24) is 5.32 Å². The van der Waals surface area contributed by atoms with Gasteiger partial charge in [0.15, 0.2) is 0 Å². The molecule has 0 unspecified atom stereocenters. The number of aromatic hydroxyl groups is 1. The third-order valence-electron chi connectivity index (χ3n) is 6.56. The van der Waals surface area contributed by atoms with Gasteiger partial charge in [-0.15, -0.1) is 0 Å². The van der Waals surface area contributed by atoms with E-state index in [0.717, 1.165) is 53.5 Å². The van der Waals surface area contributed by atoms with Gasteiger partial charge in [-0.1, -0.05) is 24.3 Å². The molecule has 3 N–H and O–H groups in total. The predicted octanol–water partition coefficient (Wildman–Crippen LogP) is 4.64. The molecule has 4 saturated carbocycles. The average Bonchev–Trinajstić information content (AvgIpc) is 2.54. The fraction of sp³-hybridized carbons (Fsp3) is 0.476. The van der Waals surface area contributed by atoms with Crippen molar-refractivity contribution in [2.45, 2.75) is 44.1 Å². The van der Waals surface area contributed by atoms with Crippen molar-refractivity contribution in [1.29, 1.82) is 0 Å². The Morgan fingerprint density at radius 1 is 0.920 bits per heavy atom. The van der Waals surface area contributed by atoms with E-state index in [-0.39, 0.29) is 17.3 Å². The Morgan fingerprint density at radius 2 is 1.52 bits per heavy atom. The topological polar surface area (TPSA) is 61.4 Å². The summed E-state index contributed by atoms with van der Waals surface area (Å²) < 4.78 is 0. The maximum absolute atomic E-state index is 12.7. The smallest absolute Gasteiger partial charge is 0.319 e. The van der Waals surface area contributed by atoms with E-state index in [1.54, 1.807) is 12.1 Å². The third kappa shape index (κ3) is 2.55. The van der Waals surface area contributed by atoms with E-state index in [1.807, 2.05) is 24.3 Å². The molecule has 25 heavy (non-hydrogen) atoms. The number of fused-ring (bicyclic) bond motifs is 1. The summed E-state index contributed by atoms with van der Waals surface area (Å²) in [6.07, 6.45) is 7.52. The van der Waals surface area contributed by atoms with Crippen LogP contribution in [0.2, 0.25) is 0 Å². The maximum atomic E-state index is 12.7. The van der Waals surface area contributed by atoms with E-state index in [0.29, 0.717) is 0 Å². The molecule has 2 amide bonds. The molecule has 0 radical (unpaired) electrons. The number of carbonyl (C=O) groups is 1. The number of phenols is 1. The SMILES string of the molecule is O=C(Nc1cccc2c(O)cccc12)NC12CC3CC(CC(C3)C1)C2. The molecule has 0 aliphatic heterocycles. The summed E-state index contributed by atoms with van der Waals surface area (Å²) in [6, 6.07) is 10.9. The van der Waals surface area contributed by atoms with Crippen LogP contribution in [0.15, 0.2) is 36.4 Å². The van der Waals surface area contributed by atoms with Crippen molar-refractivity contribution in [2.75, 3.05) is 5.32 Å². The first-order valence-electron chi connectivity index (χ1n) is 9.40. The highest BCUT2D eigenvalue weighted by molar-refractivity contribution is 6.03. The van der Waals surface area contributed by atoms with Crippen LogP contribution in [-0.4, -0.2) is 16.7 Å². The lowest BCUT2D eigenvalue weighted by molar-refractivity contribution is -0.0127. The molecule has 130 valence electrons. The Balaban J connectivity index is 1.37.